The topological polar surface area (TPSA) is 89.8 Å². The van der Waals surface area contributed by atoms with Crippen molar-refractivity contribution in [3.8, 4) is 22.6 Å². The number of carbonyl (C=O) groups is 1. The van der Waals surface area contributed by atoms with Gasteiger partial charge in [-0.05, 0) is 54.3 Å². The van der Waals surface area contributed by atoms with Crippen molar-refractivity contribution in [1.29, 1.82) is 0 Å². The van der Waals surface area contributed by atoms with Crippen LogP contribution < -0.4 is 20.1 Å². The number of rotatable bonds is 6. The molecule has 0 unspecified atom stereocenters. The lowest BCUT2D eigenvalue weighted by atomic mass is 10.1. The molecule has 8 nitrogen and oxygen atoms in total. The van der Waals surface area contributed by atoms with Crippen molar-refractivity contribution >= 4 is 17.4 Å². The smallest absolute Gasteiger partial charge is 0.251 e. The summed E-state index contributed by atoms with van der Waals surface area (Å²) in [6.07, 6.45) is 5.71. The number of nitrogens with one attached hydrogen (secondary N) is 2. The molecule has 3 heterocycles. The van der Waals surface area contributed by atoms with Crippen LogP contribution in [0, 0.1) is 0 Å². The molecule has 1 aliphatic heterocycles. The normalized spacial score (nSPS) is 14.5. The zero-order valence-corrected chi connectivity index (χ0v) is 17.2. The summed E-state index contributed by atoms with van der Waals surface area (Å²) in [6, 6.07) is 15.7. The van der Waals surface area contributed by atoms with E-state index in [0.29, 0.717) is 18.2 Å². The maximum Gasteiger partial charge on any atom is 0.251 e. The molecule has 32 heavy (non-hydrogen) atoms. The SMILES string of the molecule is O=C(NC1CC1)c1ccc(-c2cnn3c(NCc4ccc5c(c4)OCO5)ccnc23)cc1. The summed E-state index contributed by atoms with van der Waals surface area (Å²) < 4.78 is 12.6. The Hall–Kier alpha value is -4.07. The van der Waals surface area contributed by atoms with Crippen LogP contribution in [-0.2, 0) is 6.54 Å². The molecule has 6 rings (SSSR count). The molecule has 0 radical (unpaired) electrons. The Morgan fingerprint density at radius 2 is 1.91 bits per heavy atom. The highest BCUT2D eigenvalue weighted by Crippen LogP contribution is 2.33. The van der Waals surface area contributed by atoms with E-state index in [4.69, 9.17) is 9.47 Å². The van der Waals surface area contributed by atoms with Crippen LogP contribution in [0.15, 0.2) is 60.9 Å². The van der Waals surface area contributed by atoms with Gasteiger partial charge in [-0.3, -0.25) is 4.79 Å². The number of hydrogen-bond acceptors (Lipinski definition) is 6. The van der Waals surface area contributed by atoms with E-state index >= 15 is 0 Å². The Labute approximate surface area is 184 Å². The molecule has 160 valence electrons. The third kappa shape index (κ3) is 3.49. The molecule has 2 aliphatic rings. The Morgan fingerprint density at radius 1 is 1.06 bits per heavy atom. The van der Waals surface area contributed by atoms with Gasteiger partial charge in [0.25, 0.3) is 5.91 Å². The second-order valence-corrected chi connectivity index (χ2v) is 7.99. The first kappa shape index (κ1) is 18.7. The fraction of sp³-hybridized carbons (Fsp3) is 0.208. The summed E-state index contributed by atoms with van der Waals surface area (Å²) in [5.41, 5.74) is 4.35. The lowest BCUT2D eigenvalue weighted by molar-refractivity contribution is 0.0951. The van der Waals surface area contributed by atoms with Gasteiger partial charge in [-0.2, -0.15) is 9.61 Å². The van der Waals surface area contributed by atoms with Crippen LogP contribution in [0.3, 0.4) is 0 Å². The van der Waals surface area contributed by atoms with Gasteiger partial charge < -0.3 is 20.1 Å². The molecular formula is C24H21N5O3. The molecule has 2 aromatic heterocycles. The molecule has 1 aliphatic carbocycles. The summed E-state index contributed by atoms with van der Waals surface area (Å²) in [5.74, 6) is 2.35. The quantitative estimate of drug-likeness (QED) is 0.488. The Balaban J connectivity index is 1.22. The number of carbonyl (C=O) groups excluding carboxylic acids is 1. The maximum atomic E-state index is 12.2. The van der Waals surface area contributed by atoms with Crippen LogP contribution in [0.5, 0.6) is 11.5 Å². The fourth-order valence-electron chi connectivity index (χ4n) is 3.77. The molecule has 2 aromatic carbocycles. The Morgan fingerprint density at radius 3 is 2.75 bits per heavy atom. The summed E-state index contributed by atoms with van der Waals surface area (Å²) in [5, 5.41) is 11.0. The first-order valence-electron chi connectivity index (χ1n) is 10.6. The largest absolute Gasteiger partial charge is 0.454 e. The summed E-state index contributed by atoms with van der Waals surface area (Å²) >= 11 is 0. The molecule has 0 spiro atoms. The molecule has 8 heteroatoms. The van der Waals surface area contributed by atoms with E-state index < -0.39 is 0 Å². The van der Waals surface area contributed by atoms with Gasteiger partial charge in [-0.15, -0.1) is 0 Å². The molecule has 0 bridgehead atoms. The summed E-state index contributed by atoms with van der Waals surface area (Å²) in [7, 11) is 0. The van der Waals surface area contributed by atoms with Crippen LogP contribution in [0.2, 0.25) is 0 Å². The fourth-order valence-corrected chi connectivity index (χ4v) is 3.77. The number of amides is 1. The minimum Gasteiger partial charge on any atom is -0.454 e. The third-order valence-electron chi connectivity index (χ3n) is 5.68. The van der Waals surface area contributed by atoms with Crippen LogP contribution in [-0.4, -0.2) is 33.3 Å². The van der Waals surface area contributed by atoms with Crippen molar-refractivity contribution < 1.29 is 14.3 Å². The molecule has 2 N–H and O–H groups in total. The predicted octanol–water partition coefficient (Wildman–Crippen LogP) is 3.63. The predicted molar refractivity (Wildman–Crippen MR) is 119 cm³/mol. The van der Waals surface area contributed by atoms with Gasteiger partial charge in [0, 0.05) is 29.9 Å². The van der Waals surface area contributed by atoms with Gasteiger partial charge in [0.2, 0.25) is 6.79 Å². The molecule has 1 saturated carbocycles. The Bertz CT molecular complexity index is 1310. The average Bonchev–Trinajstić information content (AvgIpc) is 3.33. The van der Waals surface area contributed by atoms with Crippen LogP contribution in [0.1, 0.15) is 28.8 Å². The second-order valence-electron chi connectivity index (χ2n) is 7.99. The number of nitrogens with zero attached hydrogens (tertiary/aromatic N) is 3. The van der Waals surface area contributed by atoms with Gasteiger partial charge in [0.05, 0.1) is 6.20 Å². The number of anilines is 1. The number of benzene rings is 2. The number of ether oxygens (including phenoxy) is 2. The van der Waals surface area contributed by atoms with Crippen molar-refractivity contribution in [2.45, 2.75) is 25.4 Å². The van der Waals surface area contributed by atoms with Crippen LogP contribution in [0.4, 0.5) is 5.82 Å². The average molecular weight is 427 g/mol. The van der Waals surface area contributed by atoms with Crippen molar-refractivity contribution in [2.24, 2.45) is 0 Å². The standard InChI is InChI=1S/C24H21N5O3/c30-24(28-18-6-7-18)17-4-2-16(3-5-17)19-13-27-29-22(9-10-25-23(19)29)26-12-15-1-8-20-21(11-15)32-14-31-20/h1-5,8-11,13,18,26H,6-7,12,14H2,(H,28,30). The van der Waals surface area contributed by atoms with E-state index in [-0.39, 0.29) is 12.7 Å². The summed E-state index contributed by atoms with van der Waals surface area (Å²) in [6.45, 7) is 0.870. The highest BCUT2D eigenvalue weighted by molar-refractivity contribution is 5.95. The van der Waals surface area contributed by atoms with Crippen molar-refractivity contribution in [2.75, 3.05) is 12.1 Å². The Kier molecular flexibility index (Phi) is 4.41. The first-order chi connectivity index (χ1) is 15.7. The zero-order valence-electron chi connectivity index (χ0n) is 17.2. The molecule has 1 fully saturated rings. The van der Waals surface area contributed by atoms with Gasteiger partial charge in [0.1, 0.15) is 5.82 Å². The van der Waals surface area contributed by atoms with E-state index in [1.165, 1.54) is 0 Å². The maximum absolute atomic E-state index is 12.2. The lowest BCUT2D eigenvalue weighted by Gasteiger charge is -2.09. The van der Waals surface area contributed by atoms with Crippen LogP contribution >= 0.6 is 0 Å². The van der Waals surface area contributed by atoms with Gasteiger partial charge in [0.15, 0.2) is 17.1 Å². The highest BCUT2D eigenvalue weighted by atomic mass is 16.7. The second kappa shape index (κ2) is 7.56. The van der Waals surface area contributed by atoms with E-state index in [9.17, 15) is 4.79 Å². The number of hydrogen-bond donors (Lipinski definition) is 2. The van der Waals surface area contributed by atoms with Crippen molar-refractivity contribution in [1.82, 2.24) is 19.9 Å². The summed E-state index contributed by atoms with van der Waals surface area (Å²) in [4.78, 5) is 16.8. The van der Waals surface area contributed by atoms with E-state index in [0.717, 1.165) is 52.5 Å². The molecule has 0 saturated heterocycles. The first-order valence-corrected chi connectivity index (χ1v) is 10.6. The molecule has 1 amide bonds. The monoisotopic (exact) mass is 427 g/mol. The van der Waals surface area contributed by atoms with Gasteiger partial charge in [-0.1, -0.05) is 18.2 Å². The van der Waals surface area contributed by atoms with Crippen molar-refractivity contribution in [3.63, 3.8) is 0 Å². The zero-order chi connectivity index (χ0) is 21.5. The van der Waals surface area contributed by atoms with Crippen molar-refractivity contribution in [3.05, 3.63) is 72.1 Å². The highest BCUT2D eigenvalue weighted by Gasteiger charge is 2.23. The number of fused-ring (bicyclic) bond motifs is 2. The number of aromatic nitrogens is 3. The van der Waals surface area contributed by atoms with E-state index in [1.54, 1.807) is 16.9 Å². The molecule has 4 aromatic rings. The third-order valence-corrected chi connectivity index (χ3v) is 5.68. The van der Waals surface area contributed by atoms with Gasteiger partial charge in [-0.25, -0.2) is 4.98 Å². The minimum absolute atomic E-state index is 0.0213. The molecule has 0 atom stereocenters. The molecular weight excluding hydrogens is 406 g/mol. The lowest BCUT2D eigenvalue weighted by Crippen LogP contribution is -2.25. The van der Waals surface area contributed by atoms with E-state index in [1.807, 2.05) is 48.5 Å². The van der Waals surface area contributed by atoms with Crippen LogP contribution in [0.25, 0.3) is 16.8 Å². The van der Waals surface area contributed by atoms with E-state index in [2.05, 4.69) is 20.7 Å². The minimum atomic E-state index is -0.0213. The van der Waals surface area contributed by atoms with Gasteiger partial charge >= 0.3 is 0 Å².